The van der Waals surface area contributed by atoms with Crippen LogP contribution in [0.1, 0.15) is 52.9 Å². The summed E-state index contributed by atoms with van der Waals surface area (Å²) in [6, 6.07) is -0.0225. The topological polar surface area (TPSA) is 92.7 Å². The number of ether oxygens (including phenoxy) is 1. The molecular weight excluding hydrogens is 262 g/mol. The first-order valence-corrected chi connectivity index (χ1v) is 7.04. The van der Waals surface area contributed by atoms with Crippen molar-refractivity contribution in [2.45, 2.75) is 58.9 Å². The van der Waals surface area contributed by atoms with Crippen molar-refractivity contribution in [2.24, 2.45) is 5.92 Å². The van der Waals surface area contributed by atoms with Crippen LogP contribution in [0.3, 0.4) is 0 Å². The lowest BCUT2D eigenvalue weighted by Crippen LogP contribution is -2.32. The second kappa shape index (κ2) is 10.2. The number of esters is 1. The van der Waals surface area contributed by atoms with Crippen molar-refractivity contribution in [3.05, 3.63) is 0 Å². The van der Waals surface area contributed by atoms with Crippen LogP contribution in [0, 0.1) is 5.92 Å². The van der Waals surface area contributed by atoms with Crippen molar-refractivity contribution in [3.8, 4) is 0 Å². The molecule has 0 saturated heterocycles. The number of aliphatic carboxylic acids is 1. The Kier molecular flexibility index (Phi) is 9.41. The summed E-state index contributed by atoms with van der Waals surface area (Å²) in [6.07, 6.45) is 2.27. The number of carboxylic acid groups (broad SMARTS) is 1. The van der Waals surface area contributed by atoms with Crippen molar-refractivity contribution in [1.82, 2.24) is 5.32 Å². The Morgan fingerprint density at radius 2 is 1.80 bits per heavy atom. The van der Waals surface area contributed by atoms with E-state index in [0.717, 1.165) is 12.8 Å². The third-order valence-corrected chi connectivity index (χ3v) is 2.96. The SMILES string of the molecule is CCOC(=O)CCC(=O)NC(C)CCCC(C)C(=O)O. The summed E-state index contributed by atoms with van der Waals surface area (Å²) in [7, 11) is 0. The molecule has 0 spiro atoms. The molecule has 0 rings (SSSR count). The molecule has 0 aliphatic heterocycles. The molecule has 0 aromatic rings. The second-order valence-corrected chi connectivity index (χ2v) is 4.94. The predicted molar refractivity (Wildman–Crippen MR) is 74.1 cm³/mol. The number of nitrogens with one attached hydrogen (secondary N) is 1. The summed E-state index contributed by atoms with van der Waals surface area (Å²) in [5.74, 6) is -1.71. The Hall–Kier alpha value is -1.59. The molecule has 1 amide bonds. The Balaban J connectivity index is 3.74. The minimum Gasteiger partial charge on any atom is -0.481 e. The van der Waals surface area contributed by atoms with Gasteiger partial charge in [0.25, 0.3) is 0 Å². The largest absolute Gasteiger partial charge is 0.481 e. The first-order chi connectivity index (χ1) is 9.36. The molecule has 0 saturated carbocycles. The quantitative estimate of drug-likeness (QED) is 0.597. The summed E-state index contributed by atoms with van der Waals surface area (Å²) in [5.41, 5.74) is 0. The van der Waals surface area contributed by atoms with E-state index in [-0.39, 0.29) is 36.7 Å². The van der Waals surface area contributed by atoms with Gasteiger partial charge in [-0.05, 0) is 26.7 Å². The van der Waals surface area contributed by atoms with Crippen molar-refractivity contribution in [2.75, 3.05) is 6.61 Å². The van der Waals surface area contributed by atoms with E-state index in [2.05, 4.69) is 5.32 Å². The maximum absolute atomic E-state index is 11.6. The van der Waals surface area contributed by atoms with Crippen LogP contribution >= 0.6 is 0 Å². The molecule has 0 radical (unpaired) electrons. The van der Waals surface area contributed by atoms with Crippen molar-refractivity contribution in [3.63, 3.8) is 0 Å². The summed E-state index contributed by atoms with van der Waals surface area (Å²) in [6.45, 7) is 5.58. The zero-order valence-corrected chi connectivity index (χ0v) is 12.5. The second-order valence-electron chi connectivity index (χ2n) is 4.94. The highest BCUT2D eigenvalue weighted by Gasteiger charge is 2.13. The van der Waals surface area contributed by atoms with Crippen molar-refractivity contribution >= 4 is 17.8 Å². The van der Waals surface area contributed by atoms with Gasteiger partial charge in [-0.1, -0.05) is 13.3 Å². The van der Waals surface area contributed by atoms with Crippen LogP contribution in [-0.2, 0) is 19.1 Å². The fraction of sp³-hybridized carbons (Fsp3) is 0.786. The van der Waals surface area contributed by atoms with Gasteiger partial charge in [-0.25, -0.2) is 0 Å². The Morgan fingerprint density at radius 3 is 2.35 bits per heavy atom. The van der Waals surface area contributed by atoms with Gasteiger partial charge in [-0.2, -0.15) is 0 Å². The fourth-order valence-electron chi connectivity index (χ4n) is 1.72. The molecule has 0 aliphatic carbocycles. The minimum atomic E-state index is -0.795. The Morgan fingerprint density at radius 1 is 1.15 bits per heavy atom. The van der Waals surface area contributed by atoms with E-state index in [1.54, 1.807) is 13.8 Å². The lowest BCUT2D eigenvalue weighted by Gasteiger charge is -2.14. The number of carboxylic acids is 1. The number of rotatable bonds is 10. The average molecular weight is 287 g/mol. The number of hydrogen-bond donors (Lipinski definition) is 2. The molecule has 2 atom stereocenters. The molecule has 20 heavy (non-hydrogen) atoms. The maximum atomic E-state index is 11.6. The monoisotopic (exact) mass is 287 g/mol. The van der Waals surface area contributed by atoms with Crippen LogP contribution in [-0.4, -0.2) is 35.6 Å². The van der Waals surface area contributed by atoms with E-state index in [0.29, 0.717) is 13.0 Å². The Labute approximate surface area is 119 Å². The van der Waals surface area contributed by atoms with E-state index in [9.17, 15) is 14.4 Å². The molecule has 6 nitrogen and oxygen atoms in total. The lowest BCUT2D eigenvalue weighted by molar-refractivity contribution is -0.144. The third-order valence-electron chi connectivity index (χ3n) is 2.96. The molecule has 2 N–H and O–H groups in total. The highest BCUT2D eigenvalue weighted by molar-refractivity contribution is 5.81. The Bertz CT molecular complexity index is 330. The average Bonchev–Trinajstić information content (AvgIpc) is 2.36. The summed E-state index contributed by atoms with van der Waals surface area (Å²) < 4.78 is 4.74. The molecule has 0 aliphatic rings. The van der Waals surface area contributed by atoms with Gasteiger partial charge in [-0.3, -0.25) is 14.4 Å². The van der Waals surface area contributed by atoms with Gasteiger partial charge in [0.05, 0.1) is 18.9 Å². The van der Waals surface area contributed by atoms with E-state index >= 15 is 0 Å². The van der Waals surface area contributed by atoms with E-state index < -0.39 is 5.97 Å². The van der Waals surface area contributed by atoms with Gasteiger partial charge in [0.15, 0.2) is 0 Å². The maximum Gasteiger partial charge on any atom is 0.306 e. The molecule has 2 unspecified atom stereocenters. The van der Waals surface area contributed by atoms with Gasteiger partial charge in [0, 0.05) is 12.5 Å². The van der Waals surface area contributed by atoms with Gasteiger partial charge < -0.3 is 15.2 Å². The first-order valence-electron chi connectivity index (χ1n) is 7.04. The normalized spacial score (nSPS) is 13.3. The molecule has 6 heteroatoms. The zero-order chi connectivity index (χ0) is 15.5. The summed E-state index contributed by atoms with van der Waals surface area (Å²) in [4.78, 5) is 33.3. The van der Waals surface area contributed by atoms with Gasteiger partial charge in [0.1, 0.15) is 0 Å². The zero-order valence-electron chi connectivity index (χ0n) is 12.5. The third kappa shape index (κ3) is 9.35. The minimum absolute atomic E-state index is 0.0225. The summed E-state index contributed by atoms with van der Waals surface area (Å²) >= 11 is 0. The molecule has 0 bridgehead atoms. The van der Waals surface area contributed by atoms with E-state index in [4.69, 9.17) is 9.84 Å². The van der Waals surface area contributed by atoms with Gasteiger partial charge in [-0.15, -0.1) is 0 Å². The number of hydrogen-bond acceptors (Lipinski definition) is 4. The lowest BCUT2D eigenvalue weighted by atomic mass is 10.0. The van der Waals surface area contributed by atoms with Crippen LogP contribution in [0.25, 0.3) is 0 Å². The summed E-state index contributed by atoms with van der Waals surface area (Å²) in [5, 5.41) is 11.5. The van der Waals surface area contributed by atoms with Crippen LogP contribution < -0.4 is 5.32 Å². The van der Waals surface area contributed by atoms with Crippen LogP contribution in [0.2, 0.25) is 0 Å². The molecule has 0 heterocycles. The van der Waals surface area contributed by atoms with Gasteiger partial charge >= 0.3 is 11.9 Å². The van der Waals surface area contributed by atoms with E-state index in [1.807, 2.05) is 6.92 Å². The van der Waals surface area contributed by atoms with Crippen LogP contribution in [0.15, 0.2) is 0 Å². The van der Waals surface area contributed by atoms with Crippen LogP contribution in [0.4, 0.5) is 0 Å². The van der Waals surface area contributed by atoms with Crippen molar-refractivity contribution in [1.29, 1.82) is 0 Å². The highest BCUT2D eigenvalue weighted by atomic mass is 16.5. The van der Waals surface area contributed by atoms with Crippen molar-refractivity contribution < 1.29 is 24.2 Å². The molecule has 116 valence electrons. The standard InChI is InChI=1S/C14H25NO5/c1-4-20-13(17)9-8-12(16)15-11(3)7-5-6-10(2)14(18)19/h10-11H,4-9H2,1-3H3,(H,15,16)(H,18,19). The molecular formula is C14H25NO5. The molecule has 0 aromatic heterocycles. The first kappa shape index (κ1) is 18.4. The van der Waals surface area contributed by atoms with E-state index in [1.165, 1.54) is 0 Å². The fourth-order valence-corrected chi connectivity index (χ4v) is 1.72. The number of carbonyl (C=O) groups excluding carboxylic acids is 2. The number of carbonyl (C=O) groups is 3. The predicted octanol–water partition coefficient (Wildman–Crippen LogP) is 1.73. The highest BCUT2D eigenvalue weighted by Crippen LogP contribution is 2.09. The molecule has 0 fully saturated rings. The number of amides is 1. The molecule has 0 aromatic carbocycles. The smallest absolute Gasteiger partial charge is 0.306 e. The van der Waals surface area contributed by atoms with Crippen LogP contribution in [0.5, 0.6) is 0 Å². The van der Waals surface area contributed by atoms with Gasteiger partial charge in [0.2, 0.25) is 5.91 Å².